The molecule has 1 nitrogen and oxygen atoms in total. The molecular weight excluding hydrogens is 298 g/mol. The maximum absolute atomic E-state index is 6.18. The third kappa shape index (κ3) is 4.27. The summed E-state index contributed by atoms with van der Waals surface area (Å²) < 4.78 is 1.04. The van der Waals surface area contributed by atoms with Crippen molar-refractivity contribution < 1.29 is 0 Å². The van der Waals surface area contributed by atoms with E-state index in [4.69, 9.17) is 11.6 Å². The average molecular weight is 317 g/mol. The highest BCUT2D eigenvalue weighted by molar-refractivity contribution is 9.10. The zero-order chi connectivity index (χ0) is 12.1. The van der Waals surface area contributed by atoms with E-state index in [9.17, 15) is 0 Å². The quantitative estimate of drug-likeness (QED) is 0.843. The summed E-state index contributed by atoms with van der Waals surface area (Å²) in [4.78, 5) is 0. The van der Waals surface area contributed by atoms with Gasteiger partial charge in [-0.1, -0.05) is 52.9 Å². The molecule has 1 aromatic carbocycles. The van der Waals surface area contributed by atoms with Crippen LogP contribution in [-0.2, 0) is 6.54 Å². The standard InChI is InChI=1S/C14H19BrClN/c15-13-7-6-12(14(16)8-13)10-17-9-11-4-2-1-3-5-11/h6-8,11,17H,1-5,9-10H2. The first-order chi connectivity index (χ1) is 8.25. The number of rotatable bonds is 4. The molecule has 1 fully saturated rings. The van der Waals surface area contributed by atoms with Crippen molar-refractivity contribution >= 4 is 27.5 Å². The van der Waals surface area contributed by atoms with Crippen LogP contribution in [0.25, 0.3) is 0 Å². The molecule has 0 radical (unpaired) electrons. The second kappa shape index (κ2) is 6.77. The van der Waals surface area contributed by atoms with Gasteiger partial charge in [0.25, 0.3) is 0 Å². The third-order valence-electron chi connectivity index (χ3n) is 3.49. The van der Waals surface area contributed by atoms with E-state index in [0.29, 0.717) is 0 Å². The molecule has 0 aromatic heterocycles. The van der Waals surface area contributed by atoms with Crippen LogP contribution in [0.15, 0.2) is 22.7 Å². The molecule has 1 aliphatic carbocycles. The minimum absolute atomic E-state index is 0.843. The van der Waals surface area contributed by atoms with E-state index in [1.807, 2.05) is 12.1 Å². The smallest absolute Gasteiger partial charge is 0.0462 e. The van der Waals surface area contributed by atoms with Crippen LogP contribution in [0, 0.1) is 5.92 Å². The Hall–Kier alpha value is -0.0500. The number of benzene rings is 1. The van der Waals surface area contributed by atoms with Gasteiger partial charge in [0, 0.05) is 16.0 Å². The summed E-state index contributed by atoms with van der Waals surface area (Å²) >= 11 is 9.60. The predicted molar refractivity (Wildman–Crippen MR) is 77.4 cm³/mol. The molecule has 1 N–H and O–H groups in total. The first-order valence-electron chi connectivity index (χ1n) is 6.40. The molecule has 1 aromatic rings. The topological polar surface area (TPSA) is 12.0 Å². The Labute approximate surface area is 117 Å². The monoisotopic (exact) mass is 315 g/mol. The Kier molecular flexibility index (Phi) is 5.33. The molecule has 2 rings (SSSR count). The van der Waals surface area contributed by atoms with E-state index in [2.05, 4.69) is 27.3 Å². The van der Waals surface area contributed by atoms with Crippen LogP contribution in [-0.4, -0.2) is 6.54 Å². The normalized spacial score (nSPS) is 17.3. The van der Waals surface area contributed by atoms with Crippen molar-refractivity contribution in [3.05, 3.63) is 33.3 Å². The highest BCUT2D eigenvalue weighted by Gasteiger charge is 2.12. The fourth-order valence-electron chi connectivity index (χ4n) is 2.47. The number of hydrogen-bond donors (Lipinski definition) is 1. The highest BCUT2D eigenvalue weighted by atomic mass is 79.9. The molecule has 3 heteroatoms. The van der Waals surface area contributed by atoms with Gasteiger partial charge in [-0.15, -0.1) is 0 Å². The molecule has 0 aliphatic heterocycles. The van der Waals surface area contributed by atoms with Crippen molar-refractivity contribution in [3.8, 4) is 0 Å². The second-order valence-corrected chi connectivity index (χ2v) is 6.19. The van der Waals surface area contributed by atoms with E-state index >= 15 is 0 Å². The summed E-state index contributed by atoms with van der Waals surface area (Å²) in [5.74, 6) is 0.873. The molecule has 0 heterocycles. The minimum Gasteiger partial charge on any atom is -0.312 e. The second-order valence-electron chi connectivity index (χ2n) is 4.87. The van der Waals surface area contributed by atoms with E-state index < -0.39 is 0 Å². The van der Waals surface area contributed by atoms with Crippen molar-refractivity contribution in [2.75, 3.05) is 6.54 Å². The predicted octanol–water partition coefficient (Wildman–Crippen LogP) is 4.77. The van der Waals surface area contributed by atoms with Crippen LogP contribution in [0.3, 0.4) is 0 Å². The maximum Gasteiger partial charge on any atom is 0.0462 e. The summed E-state index contributed by atoms with van der Waals surface area (Å²) in [7, 11) is 0. The van der Waals surface area contributed by atoms with Crippen molar-refractivity contribution in [2.45, 2.75) is 38.6 Å². The minimum atomic E-state index is 0.843. The van der Waals surface area contributed by atoms with Gasteiger partial charge >= 0.3 is 0 Å². The Bertz CT molecular complexity index is 361. The van der Waals surface area contributed by atoms with Gasteiger partial charge < -0.3 is 5.32 Å². The maximum atomic E-state index is 6.18. The summed E-state index contributed by atoms with van der Waals surface area (Å²) in [6.45, 7) is 2.01. The lowest BCUT2D eigenvalue weighted by molar-refractivity contribution is 0.342. The molecule has 0 bridgehead atoms. The molecule has 0 amide bonds. The van der Waals surface area contributed by atoms with Crippen LogP contribution in [0.2, 0.25) is 5.02 Å². The van der Waals surface area contributed by atoms with Gasteiger partial charge in [-0.25, -0.2) is 0 Å². The molecule has 1 saturated carbocycles. The fourth-order valence-corrected chi connectivity index (χ4v) is 3.21. The Morgan fingerprint density at radius 2 is 2.00 bits per heavy atom. The van der Waals surface area contributed by atoms with E-state index in [-0.39, 0.29) is 0 Å². The van der Waals surface area contributed by atoms with Crippen LogP contribution in [0.4, 0.5) is 0 Å². The first kappa shape index (κ1) is 13.4. The SMILES string of the molecule is Clc1cc(Br)ccc1CNCC1CCCCC1. The van der Waals surface area contributed by atoms with Crippen LogP contribution < -0.4 is 5.32 Å². The summed E-state index contributed by atoms with van der Waals surface area (Å²) in [6, 6.07) is 6.09. The van der Waals surface area contributed by atoms with E-state index in [1.165, 1.54) is 37.7 Å². The van der Waals surface area contributed by atoms with E-state index in [1.54, 1.807) is 0 Å². The Morgan fingerprint density at radius 1 is 1.24 bits per heavy atom. The molecule has 0 atom stereocenters. The molecule has 0 unspecified atom stereocenters. The summed E-state index contributed by atoms with van der Waals surface area (Å²) in [6.07, 6.45) is 7.02. The van der Waals surface area contributed by atoms with Gasteiger partial charge in [0.15, 0.2) is 0 Å². The lowest BCUT2D eigenvalue weighted by atomic mass is 9.89. The summed E-state index contributed by atoms with van der Waals surface area (Å²) in [5, 5.41) is 4.38. The molecule has 0 saturated heterocycles. The van der Waals surface area contributed by atoms with Gasteiger partial charge in [0.2, 0.25) is 0 Å². The summed E-state index contributed by atoms with van der Waals surface area (Å²) in [5.41, 5.74) is 1.19. The van der Waals surface area contributed by atoms with Crippen LogP contribution >= 0.6 is 27.5 Å². The molecule has 17 heavy (non-hydrogen) atoms. The largest absolute Gasteiger partial charge is 0.312 e. The first-order valence-corrected chi connectivity index (χ1v) is 7.57. The lowest BCUT2D eigenvalue weighted by Gasteiger charge is -2.21. The van der Waals surface area contributed by atoms with E-state index in [0.717, 1.165) is 28.5 Å². The van der Waals surface area contributed by atoms with Gasteiger partial charge in [0.05, 0.1) is 0 Å². The molecular formula is C14H19BrClN. The molecule has 94 valence electrons. The van der Waals surface area contributed by atoms with Crippen molar-refractivity contribution in [1.29, 1.82) is 0 Å². The van der Waals surface area contributed by atoms with Gasteiger partial charge in [0.1, 0.15) is 0 Å². The zero-order valence-corrected chi connectivity index (χ0v) is 12.4. The fraction of sp³-hybridized carbons (Fsp3) is 0.571. The third-order valence-corrected chi connectivity index (χ3v) is 4.33. The lowest BCUT2D eigenvalue weighted by Crippen LogP contribution is -2.24. The van der Waals surface area contributed by atoms with Gasteiger partial charge in [-0.05, 0) is 43.0 Å². The number of nitrogens with one attached hydrogen (secondary N) is 1. The molecule has 0 spiro atoms. The Morgan fingerprint density at radius 3 is 2.71 bits per heavy atom. The number of hydrogen-bond acceptors (Lipinski definition) is 1. The van der Waals surface area contributed by atoms with Crippen LogP contribution in [0.5, 0.6) is 0 Å². The van der Waals surface area contributed by atoms with Crippen molar-refractivity contribution in [3.63, 3.8) is 0 Å². The van der Waals surface area contributed by atoms with Crippen molar-refractivity contribution in [2.24, 2.45) is 5.92 Å². The highest BCUT2D eigenvalue weighted by Crippen LogP contribution is 2.24. The zero-order valence-electron chi connectivity index (χ0n) is 10.0. The Balaban J connectivity index is 1.77. The van der Waals surface area contributed by atoms with Gasteiger partial charge in [-0.2, -0.15) is 0 Å². The molecule has 1 aliphatic rings. The van der Waals surface area contributed by atoms with Crippen molar-refractivity contribution in [1.82, 2.24) is 5.32 Å². The average Bonchev–Trinajstić information content (AvgIpc) is 2.33. The van der Waals surface area contributed by atoms with Gasteiger partial charge in [-0.3, -0.25) is 0 Å². The number of halogens is 2. The van der Waals surface area contributed by atoms with Crippen LogP contribution in [0.1, 0.15) is 37.7 Å².